The Morgan fingerprint density at radius 1 is 1.36 bits per heavy atom. The van der Waals surface area contributed by atoms with Gasteiger partial charge < -0.3 is 15.8 Å². The molecule has 2 rings (SSSR count). The summed E-state index contributed by atoms with van der Waals surface area (Å²) in [6.07, 6.45) is -0.833. The molecule has 0 spiro atoms. The summed E-state index contributed by atoms with van der Waals surface area (Å²) in [5, 5.41) is 11.6. The van der Waals surface area contributed by atoms with Crippen LogP contribution in [0.4, 0.5) is 15.8 Å². The summed E-state index contributed by atoms with van der Waals surface area (Å²) in [6, 6.07) is 12.5. The van der Waals surface area contributed by atoms with Crippen molar-refractivity contribution in [2.75, 3.05) is 11.1 Å². The highest BCUT2D eigenvalue weighted by Crippen LogP contribution is 2.20. The SMILES string of the molecule is CC(Oc1ccccc1C#N)C(=O)Nc1ccc(F)c(N)c1. The van der Waals surface area contributed by atoms with Gasteiger partial charge in [0.15, 0.2) is 6.10 Å². The number of nitrogen functional groups attached to an aromatic ring is 1. The third-order valence-corrected chi connectivity index (χ3v) is 2.94. The number of carbonyl (C=O) groups excluding carboxylic acids is 1. The van der Waals surface area contributed by atoms with E-state index in [9.17, 15) is 9.18 Å². The largest absolute Gasteiger partial charge is 0.480 e. The van der Waals surface area contributed by atoms with Gasteiger partial charge in [-0.3, -0.25) is 4.79 Å². The van der Waals surface area contributed by atoms with Crippen LogP contribution in [0.3, 0.4) is 0 Å². The van der Waals surface area contributed by atoms with Crippen LogP contribution in [0.15, 0.2) is 42.5 Å². The average molecular weight is 299 g/mol. The first-order valence-corrected chi connectivity index (χ1v) is 6.53. The molecule has 0 saturated carbocycles. The summed E-state index contributed by atoms with van der Waals surface area (Å²) in [4.78, 5) is 12.1. The predicted molar refractivity (Wildman–Crippen MR) is 80.7 cm³/mol. The molecule has 0 radical (unpaired) electrons. The first-order valence-electron chi connectivity index (χ1n) is 6.53. The number of nitrogens with one attached hydrogen (secondary N) is 1. The lowest BCUT2D eigenvalue weighted by Crippen LogP contribution is -2.30. The fourth-order valence-corrected chi connectivity index (χ4v) is 1.77. The number of para-hydroxylation sites is 1. The summed E-state index contributed by atoms with van der Waals surface area (Å²) >= 11 is 0. The molecule has 112 valence electrons. The maximum Gasteiger partial charge on any atom is 0.265 e. The number of hydrogen-bond acceptors (Lipinski definition) is 4. The van der Waals surface area contributed by atoms with Crippen molar-refractivity contribution < 1.29 is 13.9 Å². The molecule has 0 fully saturated rings. The highest BCUT2D eigenvalue weighted by Gasteiger charge is 2.16. The van der Waals surface area contributed by atoms with Gasteiger partial charge in [0.05, 0.1) is 11.3 Å². The lowest BCUT2D eigenvalue weighted by Gasteiger charge is -2.15. The molecule has 1 amide bonds. The van der Waals surface area contributed by atoms with E-state index in [4.69, 9.17) is 15.7 Å². The molecule has 3 N–H and O–H groups in total. The molecular weight excluding hydrogens is 285 g/mol. The molecule has 0 saturated heterocycles. The molecule has 2 aromatic carbocycles. The molecule has 1 unspecified atom stereocenters. The summed E-state index contributed by atoms with van der Waals surface area (Å²) < 4.78 is 18.6. The number of nitrogens with two attached hydrogens (primary N) is 1. The number of carbonyl (C=O) groups is 1. The summed E-state index contributed by atoms with van der Waals surface area (Å²) in [7, 11) is 0. The van der Waals surface area contributed by atoms with Crippen LogP contribution in [0, 0.1) is 17.1 Å². The number of benzene rings is 2. The Morgan fingerprint density at radius 2 is 2.09 bits per heavy atom. The molecule has 1 atom stereocenters. The van der Waals surface area contributed by atoms with Crippen LogP contribution in [0.5, 0.6) is 5.75 Å². The van der Waals surface area contributed by atoms with Crippen LogP contribution in [-0.4, -0.2) is 12.0 Å². The quantitative estimate of drug-likeness (QED) is 0.850. The minimum Gasteiger partial charge on any atom is -0.480 e. The molecular formula is C16H14FN3O2. The van der Waals surface area contributed by atoms with E-state index in [1.54, 1.807) is 31.2 Å². The Morgan fingerprint density at radius 3 is 2.77 bits per heavy atom. The maximum absolute atomic E-state index is 13.1. The van der Waals surface area contributed by atoms with Crippen molar-refractivity contribution in [1.29, 1.82) is 5.26 Å². The van der Waals surface area contributed by atoms with Gasteiger partial charge in [-0.25, -0.2) is 4.39 Å². The Bertz CT molecular complexity index is 740. The van der Waals surface area contributed by atoms with Gasteiger partial charge in [0.1, 0.15) is 17.6 Å². The Balaban J connectivity index is 2.06. The maximum atomic E-state index is 13.1. The monoisotopic (exact) mass is 299 g/mol. The van der Waals surface area contributed by atoms with Gasteiger partial charge in [-0.15, -0.1) is 0 Å². The number of amides is 1. The topological polar surface area (TPSA) is 88.1 Å². The highest BCUT2D eigenvalue weighted by molar-refractivity contribution is 5.94. The number of nitriles is 1. The van der Waals surface area contributed by atoms with Crippen LogP contribution >= 0.6 is 0 Å². The van der Waals surface area contributed by atoms with Crippen molar-refractivity contribution in [2.24, 2.45) is 0 Å². The van der Waals surface area contributed by atoms with Crippen molar-refractivity contribution in [3.63, 3.8) is 0 Å². The van der Waals surface area contributed by atoms with Crippen molar-refractivity contribution in [2.45, 2.75) is 13.0 Å². The van der Waals surface area contributed by atoms with Gasteiger partial charge in [-0.2, -0.15) is 5.26 Å². The molecule has 22 heavy (non-hydrogen) atoms. The Hall–Kier alpha value is -3.07. The lowest BCUT2D eigenvalue weighted by atomic mass is 10.2. The number of anilines is 2. The van der Waals surface area contributed by atoms with E-state index < -0.39 is 17.8 Å². The predicted octanol–water partition coefficient (Wildman–Crippen LogP) is 2.69. The zero-order valence-electron chi connectivity index (χ0n) is 11.8. The molecule has 0 aliphatic heterocycles. The molecule has 0 aromatic heterocycles. The number of halogens is 1. The summed E-state index contributed by atoms with van der Waals surface area (Å²) in [5.41, 5.74) is 6.10. The van der Waals surface area contributed by atoms with Gasteiger partial charge in [0.25, 0.3) is 5.91 Å². The van der Waals surface area contributed by atoms with E-state index in [2.05, 4.69) is 5.32 Å². The van der Waals surface area contributed by atoms with Crippen molar-refractivity contribution in [3.05, 3.63) is 53.8 Å². The summed E-state index contributed by atoms with van der Waals surface area (Å²) in [5.74, 6) is -0.657. The molecule has 2 aromatic rings. The van der Waals surface area contributed by atoms with Gasteiger partial charge in [0.2, 0.25) is 0 Å². The van der Waals surface area contributed by atoms with Gasteiger partial charge >= 0.3 is 0 Å². The van der Waals surface area contributed by atoms with E-state index in [-0.39, 0.29) is 5.69 Å². The van der Waals surface area contributed by atoms with E-state index in [0.717, 1.165) is 0 Å². The number of ether oxygens (including phenoxy) is 1. The number of hydrogen-bond donors (Lipinski definition) is 2. The van der Waals surface area contributed by atoms with E-state index in [0.29, 0.717) is 17.0 Å². The first kappa shape index (κ1) is 15.3. The van der Waals surface area contributed by atoms with Crippen molar-refractivity contribution >= 4 is 17.3 Å². The minimum absolute atomic E-state index is 0.0544. The van der Waals surface area contributed by atoms with Crippen LogP contribution < -0.4 is 15.8 Å². The molecule has 0 heterocycles. The number of nitrogens with zero attached hydrogens (tertiary/aromatic N) is 1. The fourth-order valence-electron chi connectivity index (χ4n) is 1.77. The van der Waals surface area contributed by atoms with Crippen LogP contribution in [0.25, 0.3) is 0 Å². The second-order valence-corrected chi connectivity index (χ2v) is 4.59. The minimum atomic E-state index is -0.833. The lowest BCUT2D eigenvalue weighted by molar-refractivity contribution is -0.122. The van der Waals surface area contributed by atoms with Crippen molar-refractivity contribution in [3.8, 4) is 11.8 Å². The smallest absolute Gasteiger partial charge is 0.265 e. The third kappa shape index (κ3) is 3.52. The van der Waals surface area contributed by atoms with E-state index in [1.807, 2.05) is 6.07 Å². The zero-order valence-corrected chi connectivity index (χ0v) is 11.8. The fraction of sp³-hybridized carbons (Fsp3) is 0.125. The zero-order chi connectivity index (χ0) is 16.1. The third-order valence-electron chi connectivity index (χ3n) is 2.94. The van der Waals surface area contributed by atoms with Crippen molar-refractivity contribution in [1.82, 2.24) is 0 Å². The first-order chi connectivity index (χ1) is 10.5. The molecule has 5 nitrogen and oxygen atoms in total. The van der Waals surface area contributed by atoms with Gasteiger partial charge in [0, 0.05) is 5.69 Å². The Labute approximate surface area is 127 Å². The second-order valence-electron chi connectivity index (χ2n) is 4.59. The van der Waals surface area contributed by atoms with Crippen LogP contribution in [0.2, 0.25) is 0 Å². The van der Waals surface area contributed by atoms with Gasteiger partial charge in [-0.05, 0) is 37.3 Å². The van der Waals surface area contributed by atoms with Crippen LogP contribution in [-0.2, 0) is 4.79 Å². The highest BCUT2D eigenvalue weighted by atomic mass is 19.1. The standard InChI is InChI=1S/C16H14FN3O2/c1-10(22-15-5-3-2-4-11(15)9-18)16(21)20-12-6-7-13(17)14(19)8-12/h2-8,10H,19H2,1H3,(H,20,21). The van der Waals surface area contributed by atoms with Crippen LogP contribution in [0.1, 0.15) is 12.5 Å². The summed E-state index contributed by atoms with van der Waals surface area (Å²) in [6.45, 7) is 1.55. The normalized spacial score (nSPS) is 11.3. The number of rotatable bonds is 4. The molecule has 6 heteroatoms. The van der Waals surface area contributed by atoms with E-state index >= 15 is 0 Å². The molecule has 0 aliphatic carbocycles. The molecule has 0 aliphatic rings. The molecule has 0 bridgehead atoms. The Kier molecular flexibility index (Phi) is 4.59. The van der Waals surface area contributed by atoms with Gasteiger partial charge in [-0.1, -0.05) is 12.1 Å². The second kappa shape index (κ2) is 6.59. The van der Waals surface area contributed by atoms with E-state index in [1.165, 1.54) is 18.2 Å². The average Bonchev–Trinajstić information content (AvgIpc) is 2.51.